The molecular weight excluding hydrogens is 228 g/mol. The van der Waals surface area contributed by atoms with Crippen LogP contribution in [0.2, 0.25) is 0 Å². The Balaban J connectivity index is 0.00000225. The number of benzene rings is 1. The van der Waals surface area contributed by atoms with Crippen molar-refractivity contribution in [3.05, 3.63) is 35.4 Å². The van der Waals surface area contributed by atoms with E-state index in [2.05, 4.69) is 4.74 Å². The van der Waals surface area contributed by atoms with Crippen LogP contribution in [-0.2, 0) is 4.74 Å². The van der Waals surface area contributed by atoms with Crippen molar-refractivity contribution in [2.45, 2.75) is 12.5 Å². The standard InChI is InChI=1S/C11H16N2O2.ClH/c1-15-11(14)9-4-2-8(3-5-9)10(13)6-7-12;/h2-5,10H,6-7,12-13H2,1H3;1H/t10-;/m0./s1. The summed E-state index contributed by atoms with van der Waals surface area (Å²) in [4.78, 5) is 11.1. The molecule has 0 amide bonds. The van der Waals surface area contributed by atoms with E-state index in [-0.39, 0.29) is 24.4 Å². The van der Waals surface area contributed by atoms with E-state index in [1.54, 1.807) is 12.1 Å². The van der Waals surface area contributed by atoms with Gasteiger partial charge in [0.15, 0.2) is 0 Å². The number of esters is 1. The van der Waals surface area contributed by atoms with Crippen molar-refractivity contribution in [2.24, 2.45) is 11.5 Å². The summed E-state index contributed by atoms with van der Waals surface area (Å²) in [7, 11) is 1.36. The average Bonchev–Trinajstić information content (AvgIpc) is 2.28. The molecule has 0 fully saturated rings. The highest BCUT2D eigenvalue weighted by Gasteiger charge is 2.07. The maximum absolute atomic E-state index is 11.1. The molecule has 16 heavy (non-hydrogen) atoms. The molecule has 0 bridgehead atoms. The number of rotatable bonds is 4. The van der Waals surface area contributed by atoms with Gasteiger partial charge < -0.3 is 16.2 Å². The Morgan fingerprint density at radius 2 is 1.94 bits per heavy atom. The summed E-state index contributed by atoms with van der Waals surface area (Å²) in [5, 5.41) is 0. The van der Waals surface area contributed by atoms with E-state index in [4.69, 9.17) is 11.5 Å². The fraction of sp³-hybridized carbons (Fsp3) is 0.364. The first-order chi connectivity index (χ1) is 7.19. The number of halogens is 1. The molecule has 1 aromatic rings. The van der Waals surface area contributed by atoms with E-state index >= 15 is 0 Å². The highest BCUT2D eigenvalue weighted by atomic mass is 35.5. The van der Waals surface area contributed by atoms with Gasteiger partial charge >= 0.3 is 5.97 Å². The van der Waals surface area contributed by atoms with Crippen molar-refractivity contribution in [1.82, 2.24) is 0 Å². The molecule has 0 saturated carbocycles. The zero-order valence-corrected chi connectivity index (χ0v) is 10.00. The van der Waals surface area contributed by atoms with Gasteiger partial charge in [-0.15, -0.1) is 12.4 Å². The highest BCUT2D eigenvalue weighted by molar-refractivity contribution is 5.89. The third-order valence-corrected chi connectivity index (χ3v) is 2.24. The van der Waals surface area contributed by atoms with Gasteiger partial charge in [-0.3, -0.25) is 0 Å². The first kappa shape index (κ1) is 14.9. The molecule has 4 nitrogen and oxygen atoms in total. The van der Waals surface area contributed by atoms with Crippen LogP contribution in [-0.4, -0.2) is 19.6 Å². The Bertz CT molecular complexity index is 327. The van der Waals surface area contributed by atoms with Crippen LogP contribution in [0.15, 0.2) is 24.3 Å². The molecular formula is C11H17ClN2O2. The van der Waals surface area contributed by atoms with E-state index in [0.29, 0.717) is 12.1 Å². The molecule has 0 aromatic heterocycles. The molecule has 5 heteroatoms. The number of methoxy groups -OCH3 is 1. The average molecular weight is 245 g/mol. The summed E-state index contributed by atoms with van der Waals surface area (Å²) in [6, 6.07) is 7.00. The number of hydrogen-bond donors (Lipinski definition) is 2. The number of ether oxygens (including phenoxy) is 1. The Kier molecular flexibility index (Phi) is 6.72. The Labute approximate surface area is 101 Å². The van der Waals surface area contributed by atoms with Crippen molar-refractivity contribution < 1.29 is 9.53 Å². The highest BCUT2D eigenvalue weighted by Crippen LogP contribution is 2.14. The van der Waals surface area contributed by atoms with Gasteiger partial charge in [0.1, 0.15) is 0 Å². The SMILES string of the molecule is COC(=O)c1ccc([C@@H](N)CCN)cc1.Cl. The van der Waals surface area contributed by atoms with Crippen LogP contribution in [0.1, 0.15) is 28.4 Å². The normalized spacial score (nSPS) is 11.4. The van der Waals surface area contributed by atoms with Crippen LogP contribution in [0.25, 0.3) is 0 Å². The van der Waals surface area contributed by atoms with Crippen molar-refractivity contribution in [3.8, 4) is 0 Å². The van der Waals surface area contributed by atoms with Gasteiger partial charge in [-0.1, -0.05) is 12.1 Å². The molecule has 1 aromatic carbocycles. The zero-order valence-electron chi connectivity index (χ0n) is 9.18. The number of nitrogens with two attached hydrogens (primary N) is 2. The van der Waals surface area contributed by atoms with Gasteiger partial charge in [0.05, 0.1) is 12.7 Å². The molecule has 0 spiro atoms. The van der Waals surface area contributed by atoms with Crippen molar-refractivity contribution in [2.75, 3.05) is 13.7 Å². The van der Waals surface area contributed by atoms with E-state index < -0.39 is 0 Å². The van der Waals surface area contributed by atoms with E-state index in [1.165, 1.54) is 7.11 Å². The molecule has 0 aliphatic heterocycles. The second kappa shape index (κ2) is 7.22. The van der Waals surface area contributed by atoms with Gasteiger partial charge in [-0.25, -0.2) is 4.79 Å². The first-order valence-corrected chi connectivity index (χ1v) is 4.83. The smallest absolute Gasteiger partial charge is 0.337 e. The lowest BCUT2D eigenvalue weighted by atomic mass is 10.0. The lowest BCUT2D eigenvalue weighted by Crippen LogP contribution is -2.15. The maximum atomic E-state index is 11.1. The molecule has 0 radical (unpaired) electrons. The van der Waals surface area contributed by atoms with Gasteiger partial charge in [-0.2, -0.15) is 0 Å². The minimum Gasteiger partial charge on any atom is -0.465 e. The molecule has 0 unspecified atom stereocenters. The molecule has 0 saturated heterocycles. The van der Waals surface area contributed by atoms with Gasteiger partial charge in [0.2, 0.25) is 0 Å². The van der Waals surface area contributed by atoms with Gasteiger partial charge in [0.25, 0.3) is 0 Å². The predicted molar refractivity (Wildman–Crippen MR) is 65.6 cm³/mol. The van der Waals surface area contributed by atoms with Crippen LogP contribution >= 0.6 is 12.4 Å². The molecule has 90 valence electrons. The van der Waals surface area contributed by atoms with Gasteiger partial charge in [0, 0.05) is 6.04 Å². The summed E-state index contributed by atoms with van der Waals surface area (Å²) < 4.78 is 4.59. The summed E-state index contributed by atoms with van der Waals surface area (Å²) in [5.41, 5.74) is 12.8. The third kappa shape index (κ3) is 3.81. The van der Waals surface area contributed by atoms with E-state index in [0.717, 1.165) is 12.0 Å². The third-order valence-electron chi connectivity index (χ3n) is 2.24. The van der Waals surface area contributed by atoms with Crippen molar-refractivity contribution >= 4 is 18.4 Å². The maximum Gasteiger partial charge on any atom is 0.337 e. The van der Waals surface area contributed by atoms with Crippen LogP contribution in [0.4, 0.5) is 0 Å². The van der Waals surface area contributed by atoms with Crippen molar-refractivity contribution in [3.63, 3.8) is 0 Å². The van der Waals surface area contributed by atoms with Crippen LogP contribution in [0.5, 0.6) is 0 Å². The van der Waals surface area contributed by atoms with Gasteiger partial charge in [-0.05, 0) is 30.7 Å². The minimum atomic E-state index is -0.339. The molecule has 0 aliphatic rings. The second-order valence-corrected chi connectivity index (χ2v) is 3.30. The monoisotopic (exact) mass is 244 g/mol. The lowest BCUT2D eigenvalue weighted by molar-refractivity contribution is 0.0600. The van der Waals surface area contributed by atoms with E-state index in [1.807, 2.05) is 12.1 Å². The van der Waals surface area contributed by atoms with Crippen LogP contribution in [0.3, 0.4) is 0 Å². The van der Waals surface area contributed by atoms with E-state index in [9.17, 15) is 4.79 Å². The summed E-state index contributed by atoms with van der Waals surface area (Å²) in [5.74, 6) is -0.339. The molecule has 0 aliphatic carbocycles. The Hall–Kier alpha value is -1.10. The molecule has 4 N–H and O–H groups in total. The molecule has 1 atom stereocenters. The molecule has 1 rings (SSSR count). The Morgan fingerprint density at radius 1 is 1.38 bits per heavy atom. The summed E-state index contributed by atoms with van der Waals surface area (Å²) >= 11 is 0. The van der Waals surface area contributed by atoms with Crippen molar-refractivity contribution in [1.29, 1.82) is 0 Å². The number of hydrogen-bond acceptors (Lipinski definition) is 4. The first-order valence-electron chi connectivity index (χ1n) is 4.83. The zero-order chi connectivity index (χ0) is 11.3. The number of carbonyl (C=O) groups excluding carboxylic acids is 1. The largest absolute Gasteiger partial charge is 0.465 e. The number of carbonyl (C=O) groups is 1. The fourth-order valence-electron chi connectivity index (χ4n) is 1.33. The topological polar surface area (TPSA) is 78.3 Å². The Morgan fingerprint density at radius 3 is 2.38 bits per heavy atom. The predicted octanol–water partition coefficient (Wildman–Crippen LogP) is 1.24. The minimum absolute atomic E-state index is 0. The lowest BCUT2D eigenvalue weighted by Gasteiger charge is -2.10. The summed E-state index contributed by atoms with van der Waals surface area (Å²) in [6.07, 6.45) is 0.734. The summed E-state index contributed by atoms with van der Waals surface area (Å²) in [6.45, 7) is 0.555. The quantitative estimate of drug-likeness (QED) is 0.782. The second-order valence-electron chi connectivity index (χ2n) is 3.30. The van der Waals surface area contributed by atoms with Crippen LogP contribution < -0.4 is 11.5 Å². The van der Waals surface area contributed by atoms with Crippen LogP contribution in [0, 0.1) is 0 Å². The molecule has 0 heterocycles. The fourth-order valence-corrected chi connectivity index (χ4v) is 1.33.